The zero-order valence-corrected chi connectivity index (χ0v) is 26.2. The van der Waals surface area contributed by atoms with Gasteiger partial charge in [0.25, 0.3) is 0 Å². The maximum Gasteiger partial charge on any atom is 0.394 e. The molecule has 0 aliphatic carbocycles. The van der Waals surface area contributed by atoms with E-state index in [1.807, 2.05) is 18.2 Å². The van der Waals surface area contributed by atoms with Crippen molar-refractivity contribution in [2.45, 2.75) is 19.3 Å². The molecular weight excluding hydrogens is 779 g/mol. The second kappa shape index (κ2) is 14.9. The predicted octanol–water partition coefficient (Wildman–Crippen LogP) is 4.64. The summed E-state index contributed by atoms with van der Waals surface area (Å²) >= 11 is 0. The van der Waals surface area contributed by atoms with Gasteiger partial charge in [0.05, 0.1) is 19.8 Å². The van der Waals surface area contributed by atoms with Gasteiger partial charge in [-0.3, -0.25) is 10.1 Å². The maximum atomic E-state index is 12.5. The Morgan fingerprint density at radius 1 is 0.778 bits per heavy atom. The van der Waals surface area contributed by atoms with Crippen LogP contribution in [0, 0.1) is 31.7 Å². The van der Waals surface area contributed by atoms with Crippen molar-refractivity contribution in [1.82, 2.24) is 29.3 Å². The summed E-state index contributed by atoms with van der Waals surface area (Å²) in [5, 5.41) is 7.65. The fraction of sp³-hybridized carbons (Fsp3) is 0.167. The van der Waals surface area contributed by atoms with Crippen molar-refractivity contribution in [1.29, 1.82) is 0 Å². The van der Waals surface area contributed by atoms with Crippen LogP contribution in [-0.2, 0) is 46.6 Å². The fourth-order valence-electron chi connectivity index (χ4n) is 3.53. The summed E-state index contributed by atoms with van der Waals surface area (Å²) in [5.41, 5.74) is 0.0148. The van der Waals surface area contributed by atoms with Gasteiger partial charge >= 0.3 is 12.4 Å². The zero-order chi connectivity index (χ0) is 31.9. The summed E-state index contributed by atoms with van der Waals surface area (Å²) in [6.45, 7) is 1.80. The van der Waals surface area contributed by atoms with Crippen LogP contribution < -0.4 is 14.2 Å². The molecule has 4 aromatic heterocycles. The minimum atomic E-state index is -4.33. The Morgan fingerprint density at radius 2 is 1.29 bits per heavy atom. The molecule has 4 heterocycles. The Balaban J connectivity index is 0.000000184. The molecule has 0 amide bonds. The van der Waals surface area contributed by atoms with Gasteiger partial charge in [-0.1, -0.05) is 28.6 Å². The maximum absolute atomic E-state index is 12.5. The van der Waals surface area contributed by atoms with Crippen LogP contribution in [0.15, 0.2) is 85.6 Å². The summed E-state index contributed by atoms with van der Waals surface area (Å²) in [7, 11) is 3.48. The Labute approximate surface area is 268 Å². The number of benzene rings is 2. The van der Waals surface area contributed by atoms with Gasteiger partial charge in [-0.15, -0.1) is 0 Å². The van der Waals surface area contributed by atoms with Crippen LogP contribution in [-0.4, -0.2) is 24.2 Å². The standard InChI is InChI=1S/2C11H8F3N2.C8H7N4.Ir/c2*1-15-5-6-16(8-15)10-4-2-3-9(7-10)11(12,13)14;1-6-10-8(12-11-6)7-4-2-3-5-9-7;/h2*2-3,5-7H,1H3;2-5H,1H3;/q3*-1;. The number of alkyl halides is 6. The average Bonchev–Trinajstić information content (AvgIpc) is 3.75. The van der Waals surface area contributed by atoms with Crippen molar-refractivity contribution in [3.05, 3.63) is 127 Å². The predicted molar refractivity (Wildman–Crippen MR) is 143 cm³/mol. The zero-order valence-electron chi connectivity index (χ0n) is 23.8. The molecule has 0 atom stereocenters. The van der Waals surface area contributed by atoms with Gasteiger partial charge in [0.1, 0.15) is 0 Å². The molecule has 0 spiro atoms. The van der Waals surface area contributed by atoms with Crippen molar-refractivity contribution in [3.8, 4) is 22.9 Å². The summed E-state index contributed by atoms with van der Waals surface area (Å²) in [4.78, 5) is 8.19. The van der Waals surface area contributed by atoms with Gasteiger partial charge in [-0.2, -0.15) is 74.9 Å². The fourth-order valence-corrected chi connectivity index (χ4v) is 3.53. The summed E-state index contributed by atoms with van der Waals surface area (Å²) in [6.07, 6.45) is 5.26. The second-order valence-electron chi connectivity index (χ2n) is 9.08. The minimum absolute atomic E-state index is 0. The molecule has 0 saturated heterocycles. The number of halogens is 6. The Bertz CT molecular complexity index is 1700. The third-order valence-corrected chi connectivity index (χ3v) is 5.61. The van der Waals surface area contributed by atoms with Crippen LogP contribution in [0.2, 0.25) is 0 Å². The van der Waals surface area contributed by atoms with Crippen molar-refractivity contribution in [2.75, 3.05) is 0 Å². The van der Waals surface area contributed by atoms with E-state index in [1.54, 1.807) is 61.1 Å². The van der Waals surface area contributed by atoms with Crippen molar-refractivity contribution < 1.29 is 55.6 Å². The number of pyridine rings is 1. The van der Waals surface area contributed by atoms with E-state index in [2.05, 4.69) is 45.0 Å². The molecule has 0 saturated carbocycles. The number of nitrogens with zero attached hydrogens (tertiary/aromatic N) is 8. The first-order valence-corrected chi connectivity index (χ1v) is 12.7. The van der Waals surface area contributed by atoms with Crippen LogP contribution in [0.25, 0.3) is 22.9 Å². The molecule has 237 valence electrons. The van der Waals surface area contributed by atoms with E-state index in [-0.39, 0.29) is 20.1 Å². The van der Waals surface area contributed by atoms with E-state index in [4.69, 9.17) is 0 Å². The van der Waals surface area contributed by atoms with Crippen LogP contribution in [0.4, 0.5) is 26.3 Å². The molecule has 6 aromatic rings. The molecule has 0 aliphatic heterocycles. The van der Waals surface area contributed by atoms with Gasteiger partial charge in [0.2, 0.25) is 12.7 Å². The van der Waals surface area contributed by atoms with Gasteiger partial charge in [0.15, 0.2) is 0 Å². The second-order valence-corrected chi connectivity index (χ2v) is 9.08. The summed E-state index contributed by atoms with van der Waals surface area (Å²) in [5.74, 6) is 1.27. The van der Waals surface area contributed by atoms with Crippen molar-refractivity contribution in [3.63, 3.8) is 0 Å². The van der Waals surface area contributed by atoms with Crippen LogP contribution >= 0.6 is 0 Å². The van der Waals surface area contributed by atoms with E-state index in [0.717, 1.165) is 30.0 Å². The van der Waals surface area contributed by atoms with E-state index >= 15 is 0 Å². The molecule has 2 aromatic carbocycles. The number of imidazole rings is 2. The van der Waals surface area contributed by atoms with Gasteiger partial charge in [-0.25, -0.2) is 0 Å². The first kappa shape index (κ1) is 34.9. The van der Waals surface area contributed by atoms with Crippen molar-refractivity contribution >= 4 is 0 Å². The van der Waals surface area contributed by atoms with Gasteiger partial charge < -0.3 is 28.4 Å². The molecule has 0 fully saturated rings. The van der Waals surface area contributed by atoms with E-state index in [0.29, 0.717) is 23.0 Å². The summed E-state index contributed by atoms with van der Waals surface area (Å²) < 4.78 is 80.8. The first-order chi connectivity index (χ1) is 20.8. The molecule has 0 unspecified atom stereocenters. The molecule has 45 heavy (non-hydrogen) atoms. The van der Waals surface area contributed by atoms with Crippen molar-refractivity contribution in [2.24, 2.45) is 14.1 Å². The minimum Gasteiger partial charge on any atom is -0.421 e. The third kappa shape index (κ3) is 9.95. The number of rotatable bonds is 3. The van der Waals surface area contributed by atoms with E-state index in [1.165, 1.54) is 21.3 Å². The van der Waals surface area contributed by atoms with E-state index in [9.17, 15) is 26.3 Å². The molecule has 0 bridgehead atoms. The van der Waals surface area contributed by atoms with Gasteiger partial charge in [0, 0.05) is 56.9 Å². The van der Waals surface area contributed by atoms with Crippen LogP contribution in [0.3, 0.4) is 0 Å². The SMILES string of the molecule is C[n+]1[c-]n(-c2[c-]ccc(C(F)(F)F)c2)cc1.C[n+]1[c-]n(-c2[c-]ccc(C(F)(F)F)c2)cc1.Cc1n[n-]c(-c2ccccn2)n1.[Ir]. The number of hydrogen-bond donors (Lipinski definition) is 0. The van der Waals surface area contributed by atoms with E-state index < -0.39 is 23.5 Å². The summed E-state index contributed by atoms with van der Waals surface area (Å²) in [6, 6.07) is 17.6. The Morgan fingerprint density at radius 3 is 1.64 bits per heavy atom. The number of aryl methyl sites for hydroxylation is 3. The molecular formula is C30H23F6IrN8-3. The normalized spacial score (nSPS) is 11.0. The smallest absolute Gasteiger partial charge is 0.394 e. The topological polar surface area (TPSA) is 70.4 Å². The molecule has 8 nitrogen and oxygen atoms in total. The Kier molecular flexibility index (Phi) is 11.5. The molecule has 15 heteroatoms. The Hall–Kier alpha value is -4.62. The monoisotopic (exact) mass is 802 g/mol. The molecule has 0 aliphatic rings. The average molecular weight is 802 g/mol. The number of aromatic nitrogens is 8. The van der Waals surface area contributed by atoms with Crippen LogP contribution in [0.1, 0.15) is 17.0 Å². The third-order valence-electron chi connectivity index (χ3n) is 5.61. The number of hydrogen-bond acceptors (Lipinski definition) is 3. The molecule has 0 N–H and O–H groups in total. The first-order valence-electron chi connectivity index (χ1n) is 12.7. The van der Waals surface area contributed by atoms with Crippen LogP contribution in [0.5, 0.6) is 0 Å². The largest absolute Gasteiger partial charge is 0.421 e. The quantitative estimate of drug-likeness (QED) is 0.149. The molecule has 6 rings (SSSR count). The molecule has 1 radical (unpaired) electrons. The van der Waals surface area contributed by atoms with Gasteiger partial charge in [-0.05, 0) is 24.9 Å².